The SMILES string of the molecule is CCCCCCCN(C(=O)C(CCSC)NC(=O)OC(C)(C)C)C(C(=O)NCC(=O)OC)c1ccc(C)c(C)c1. The number of carbonyl (C=O) groups is 4. The van der Waals surface area contributed by atoms with Crippen molar-refractivity contribution in [1.82, 2.24) is 15.5 Å². The first-order valence-electron chi connectivity index (χ1n) is 14.0. The Balaban J connectivity index is 3.51. The van der Waals surface area contributed by atoms with E-state index in [4.69, 9.17) is 9.47 Å². The predicted octanol–water partition coefficient (Wildman–Crippen LogP) is 5.08. The molecule has 0 fully saturated rings. The van der Waals surface area contributed by atoms with E-state index in [0.717, 1.165) is 36.8 Å². The zero-order chi connectivity index (χ0) is 30.3. The van der Waals surface area contributed by atoms with Crippen LogP contribution in [0, 0.1) is 13.8 Å². The van der Waals surface area contributed by atoms with Crippen molar-refractivity contribution in [3.05, 3.63) is 34.9 Å². The summed E-state index contributed by atoms with van der Waals surface area (Å²) in [5.74, 6) is -0.822. The molecule has 1 aromatic carbocycles. The summed E-state index contributed by atoms with van der Waals surface area (Å²) in [5, 5.41) is 5.40. The number of hydrogen-bond donors (Lipinski definition) is 2. The highest BCUT2D eigenvalue weighted by Gasteiger charge is 2.36. The zero-order valence-electron chi connectivity index (χ0n) is 25.6. The van der Waals surface area contributed by atoms with Gasteiger partial charge in [0.15, 0.2) is 0 Å². The highest BCUT2D eigenvalue weighted by Crippen LogP contribution is 2.26. The Labute approximate surface area is 244 Å². The molecule has 3 amide bonds. The van der Waals surface area contributed by atoms with Crippen molar-refractivity contribution in [3.63, 3.8) is 0 Å². The minimum Gasteiger partial charge on any atom is -0.468 e. The van der Waals surface area contributed by atoms with Crippen LogP contribution in [0.5, 0.6) is 0 Å². The zero-order valence-corrected chi connectivity index (χ0v) is 26.4. The van der Waals surface area contributed by atoms with Gasteiger partial charge >= 0.3 is 12.1 Å². The highest BCUT2D eigenvalue weighted by atomic mass is 32.2. The van der Waals surface area contributed by atoms with E-state index < -0.39 is 35.7 Å². The first-order valence-corrected chi connectivity index (χ1v) is 15.4. The van der Waals surface area contributed by atoms with E-state index in [2.05, 4.69) is 17.6 Å². The van der Waals surface area contributed by atoms with Gasteiger partial charge in [-0.25, -0.2) is 4.79 Å². The molecule has 0 aliphatic rings. The van der Waals surface area contributed by atoms with Gasteiger partial charge in [0.1, 0.15) is 24.2 Å². The van der Waals surface area contributed by atoms with E-state index in [9.17, 15) is 19.2 Å². The number of hydrogen-bond acceptors (Lipinski definition) is 7. The molecule has 0 bridgehead atoms. The van der Waals surface area contributed by atoms with Crippen molar-refractivity contribution in [2.24, 2.45) is 0 Å². The summed E-state index contributed by atoms with van der Waals surface area (Å²) in [6.07, 6.45) is 6.40. The summed E-state index contributed by atoms with van der Waals surface area (Å²) < 4.78 is 10.1. The predicted molar refractivity (Wildman–Crippen MR) is 160 cm³/mol. The van der Waals surface area contributed by atoms with Crippen LogP contribution in [0.3, 0.4) is 0 Å². The van der Waals surface area contributed by atoms with Gasteiger partial charge in [-0.2, -0.15) is 11.8 Å². The van der Waals surface area contributed by atoms with Crippen molar-refractivity contribution in [2.75, 3.05) is 32.2 Å². The van der Waals surface area contributed by atoms with E-state index >= 15 is 0 Å². The standard InChI is InChI=1S/C30H49N3O6S/c1-9-10-11-12-13-17-33(28(36)24(16-18-40-8)32-29(37)39-30(4,5)6)26(27(35)31-20-25(34)38-7)23-15-14-21(2)22(3)19-23/h14-15,19,24,26H,9-13,16-18,20H2,1-8H3,(H,31,35)(H,32,37). The summed E-state index contributed by atoms with van der Waals surface area (Å²) >= 11 is 1.56. The summed E-state index contributed by atoms with van der Waals surface area (Å²) in [5.41, 5.74) is 1.93. The number of unbranched alkanes of at least 4 members (excludes halogenated alkanes) is 4. The number of alkyl carbamates (subject to hydrolysis) is 1. The lowest BCUT2D eigenvalue weighted by Gasteiger charge is -2.35. The summed E-state index contributed by atoms with van der Waals surface area (Å²) in [4.78, 5) is 54.0. The minimum atomic E-state index is -1.00. The van der Waals surface area contributed by atoms with Gasteiger partial charge < -0.3 is 25.0 Å². The van der Waals surface area contributed by atoms with Crippen LogP contribution in [-0.2, 0) is 23.9 Å². The Hall–Kier alpha value is -2.75. The number of ether oxygens (including phenoxy) is 2. The fourth-order valence-corrected chi connectivity index (χ4v) is 4.60. The fourth-order valence-electron chi connectivity index (χ4n) is 4.13. The number of benzene rings is 1. The number of esters is 1. The van der Waals surface area contributed by atoms with Crippen LogP contribution < -0.4 is 10.6 Å². The van der Waals surface area contributed by atoms with Gasteiger partial charge in [-0.1, -0.05) is 50.8 Å². The maximum absolute atomic E-state index is 14.2. The molecule has 0 aliphatic heterocycles. The molecule has 0 saturated carbocycles. The Morgan fingerprint density at radius 2 is 1.70 bits per heavy atom. The van der Waals surface area contributed by atoms with Gasteiger partial charge in [0, 0.05) is 6.54 Å². The largest absolute Gasteiger partial charge is 0.468 e. The van der Waals surface area contributed by atoms with Gasteiger partial charge in [-0.05, 0) is 76.2 Å². The monoisotopic (exact) mass is 579 g/mol. The van der Waals surface area contributed by atoms with Crippen molar-refractivity contribution in [2.45, 2.75) is 97.8 Å². The molecule has 2 atom stereocenters. The number of aryl methyl sites for hydroxylation is 2. The lowest BCUT2D eigenvalue weighted by Crippen LogP contribution is -2.53. The first-order chi connectivity index (χ1) is 18.8. The average molecular weight is 580 g/mol. The lowest BCUT2D eigenvalue weighted by atomic mass is 9.97. The molecule has 0 radical (unpaired) electrons. The molecule has 1 rings (SSSR count). The van der Waals surface area contributed by atoms with E-state index in [-0.39, 0.29) is 12.5 Å². The normalized spacial score (nSPS) is 12.7. The topological polar surface area (TPSA) is 114 Å². The Kier molecular flexibility index (Phi) is 15.7. The van der Waals surface area contributed by atoms with Crippen LogP contribution in [-0.4, -0.2) is 72.6 Å². The van der Waals surface area contributed by atoms with Crippen LogP contribution in [0.2, 0.25) is 0 Å². The van der Waals surface area contributed by atoms with Crippen LogP contribution in [0.15, 0.2) is 18.2 Å². The highest BCUT2D eigenvalue weighted by molar-refractivity contribution is 7.98. The molecular formula is C30H49N3O6S. The molecule has 1 aromatic rings. The molecule has 0 aromatic heterocycles. The molecule has 226 valence electrons. The molecular weight excluding hydrogens is 530 g/mol. The maximum atomic E-state index is 14.2. The smallest absolute Gasteiger partial charge is 0.408 e. The van der Waals surface area contributed by atoms with Gasteiger partial charge in [-0.3, -0.25) is 14.4 Å². The number of thioether (sulfide) groups is 1. The van der Waals surface area contributed by atoms with E-state index in [1.165, 1.54) is 7.11 Å². The Morgan fingerprint density at radius 3 is 2.27 bits per heavy atom. The van der Waals surface area contributed by atoms with E-state index in [0.29, 0.717) is 30.7 Å². The number of amides is 3. The maximum Gasteiger partial charge on any atom is 0.408 e. The van der Waals surface area contributed by atoms with Crippen LogP contribution in [0.4, 0.5) is 4.79 Å². The van der Waals surface area contributed by atoms with Crippen LogP contribution >= 0.6 is 11.8 Å². The van der Waals surface area contributed by atoms with Crippen LogP contribution in [0.1, 0.15) is 89.0 Å². The summed E-state index contributed by atoms with van der Waals surface area (Å²) in [6.45, 7) is 11.3. The fraction of sp³-hybridized carbons (Fsp3) is 0.667. The molecule has 0 heterocycles. The lowest BCUT2D eigenvalue weighted by molar-refractivity contribution is -0.144. The van der Waals surface area contributed by atoms with Crippen molar-refractivity contribution in [1.29, 1.82) is 0 Å². The number of nitrogens with one attached hydrogen (secondary N) is 2. The van der Waals surface area contributed by atoms with E-state index in [1.54, 1.807) is 37.4 Å². The number of nitrogens with zero attached hydrogens (tertiary/aromatic N) is 1. The summed E-state index contributed by atoms with van der Waals surface area (Å²) in [7, 11) is 1.25. The van der Waals surface area contributed by atoms with Gasteiger partial charge in [-0.15, -0.1) is 0 Å². The van der Waals surface area contributed by atoms with Crippen molar-refractivity contribution in [3.8, 4) is 0 Å². The first kappa shape index (κ1) is 35.3. The second kappa shape index (κ2) is 17.8. The number of rotatable bonds is 16. The average Bonchev–Trinajstić information content (AvgIpc) is 2.89. The molecule has 2 unspecified atom stereocenters. The Morgan fingerprint density at radius 1 is 1.02 bits per heavy atom. The van der Waals surface area contributed by atoms with Gasteiger partial charge in [0.2, 0.25) is 11.8 Å². The second-order valence-electron chi connectivity index (χ2n) is 11.0. The third kappa shape index (κ3) is 12.6. The van der Waals surface area contributed by atoms with Crippen LogP contribution in [0.25, 0.3) is 0 Å². The molecule has 0 spiro atoms. The minimum absolute atomic E-state index is 0.317. The third-order valence-corrected chi connectivity index (χ3v) is 7.07. The Bertz CT molecular complexity index is 979. The third-order valence-electron chi connectivity index (χ3n) is 6.43. The molecule has 40 heavy (non-hydrogen) atoms. The van der Waals surface area contributed by atoms with E-state index in [1.807, 2.05) is 38.3 Å². The molecule has 2 N–H and O–H groups in total. The number of carbonyl (C=O) groups excluding carboxylic acids is 4. The van der Waals surface area contributed by atoms with Gasteiger partial charge in [0.05, 0.1) is 7.11 Å². The second-order valence-corrected chi connectivity index (χ2v) is 12.0. The molecule has 9 nitrogen and oxygen atoms in total. The molecule has 0 aliphatic carbocycles. The quantitative estimate of drug-likeness (QED) is 0.207. The summed E-state index contributed by atoms with van der Waals surface area (Å²) in [6, 6.07) is 3.76. The van der Waals surface area contributed by atoms with Crippen molar-refractivity contribution < 1.29 is 28.7 Å². The number of methoxy groups -OCH3 is 1. The molecule has 0 saturated heterocycles. The van der Waals surface area contributed by atoms with Crippen molar-refractivity contribution >= 4 is 35.6 Å². The van der Waals surface area contributed by atoms with Gasteiger partial charge in [0.25, 0.3) is 0 Å². The molecule has 10 heteroatoms.